The lowest BCUT2D eigenvalue weighted by atomic mass is 10.0. The third-order valence-corrected chi connectivity index (χ3v) is 3.97. The third-order valence-electron chi connectivity index (χ3n) is 2.91. The molecule has 18 heavy (non-hydrogen) atoms. The Balaban J connectivity index is 2.36. The molecule has 96 valence electrons. The number of rotatable bonds is 4. The second kappa shape index (κ2) is 5.06. The van der Waals surface area contributed by atoms with Crippen molar-refractivity contribution in [2.45, 2.75) is 33.1 Å². The van der Waals surface area contributed by atoms with E-state index in [1.165, 1.54) is 0 Å². The van der Waals surface area contributed by atoms with Gasteiger partial charge in [-0.15, -0.1) is 11.3 Å². The summed E-state index contributed by atoms with van der Waals surface area (Å²) in [5.74, 6) is -0.695. The van der Waals surface area contributed by atoms with Gasteiger partial charge in [0.25, 0.3) is 0 Å². The molecule has 0 radical (unpaired) electrons. The molecular weight excluding hydrogens is 246 g/mol. The van der Waals surface area contributed by atoms with Crippen LogP contribution < -0.4 is 0 Å². The van der Waals surface area contributed by atoms with Gasteiger partial charge >= 0.3 is 5.97 Å². The molecule has 1 N–H and O–H groups in total. The molecule has 2 rings (SSSR count). The van der Waals surface area contributed by atoms with E-state index >= 15 is 0 Å². The summed E-state index contributed by atoms with van der Waals surface area (Å²) in [6, 6.07) is 5.76. The first-order valence-corrected chi connectivity index (χ1v) is 6.91. The topological polar surface area (TPSA) is 50.2 Å². The van der Waals surface area contributed by atoms with E-state index < -0.39 is 11.9 Å². The van der Waals surface area contributed by atoms with Crippen LogP contribution in [0.3, 0.4) is 0 Å². The predicted molar refractivity (Wildman–Crippen MR) is 74.2 cm³/mol. The summed E-state index contributed by atoms with van der Waals surface area (Å²) in [5, 5.41) is 10.1. The van der Waals surface area contributed by atoms with Crippen LogP contribution in [0.15, 0.2) is 18.2 Å². The summed E-state index contributed by atoms with van der Waals surface area (Å²) in [6.45, 7) is 6.04. The zero-order chi connectivity index (χ0) is 13.3. The molecule has 2 aromatic rings. The van der Waals surface area contributed by atoms with Gasteiger partial charge < -0.3 is 5.11 Å². The normalized spacial score (nSPS) is 13.1. The molecule has 0 spiro atoms. The fraction of sp³-hybridized carbons (Fsp3) is 0.429. The Labute approximate surface area is 110 Å². The first-order chi connectivity index (χ1) is 8.47. The Morgan fingerprint density at radius 3 is 2.72 bits per heavy atom. The van der Waals surface area contributed by atoms with E-state index in [2.05, 4.69) is 18.8 Å². The Hall–Kier alpha value is -1.42. The molecule has 0 amide bonds. The number of carboxylic acid groups (broad SMARTS) is 1. The van der Waals surface area contributed by atoms with Crippen molar-refractivity contribution in [3.63, 3.8) is 0 Å². The lowest BCUT2D eigenvalue weighted by Gasteiger charge is -2.05. The molecule has 0 saturated heterocycles. The van der Waals surface area contributed by atoms with Crippen molar-refractivity contribution in [3.05, 3.63) is 28.8 Å². The fourth-order valence-electron chi connectivity index (χ4n) is 1.84. The maximum atomic E-state index is 11.0. The summed E-state index contributed by atoms with van der Waals surface area (Å²) in [7, 11) is 0. The van der Waals surface area contributed by atoms with Gasteiger partial charge in [0.2, 0.25) is 0 Å². The molecule has 1 atom stereocenters. The van der Waals surface area contributed by atoms with Gasteiger partial charge in [-0.3, -0.25) is 4.79 Å². The molecule has 0 aliphatic carbocycles. The largest absolute Gasteiger partial charge is 0.481 e. The molecule has 0 aliphatic rings. The standard InChI is InChI=1S/C14H17NO2S/c1-8(2)6-13-15-11-7-10(9(3)14(16)17)4-5-12(11)18-13/h4-5,7-9H,6H2,1-3H3,(H,16,17). The number of hydrogen-bond acceptors (Lipinski definition) is 3. The van der Waals surface area contributed by atoms with E-state index in [0.717, 1.165) is 27.2 Å². The van der Waals surface area contributed by atoms with Crippen molar-refractivity contribution in [2.24, 2.45) is 5.92 Å². The van der Waals surface area contributed by atoms with Crippen molar-refractivity contribution in [2.75, 3.05) is 0 Å². The summed E-state index contributed by atoms with van der Waals surface area (Å²) in [5.41, 5.74) is 1.73. The summed E-state index contributed by atoms with van der Waals surface area (Å²) in [6.07, 6.45) is 0.975. The maximum Gasteiger partial charge on any atom is 0.310 e. The van der Waals surface area contributed by atoms with E-state index in [0.29, 0.717) is 5.92 Å². The van der Waals surface area contributed by atoms with Gasteiger partial charge in [0, 0.05) is 6.42 Å². The van der Waals surface area contributed by atoms with Gasteiger partial charge in [0.15, 0.2) is 0 Å². The second-order valence-corrected chi connectivity index (χ2v) is 6.11. The first kappa shape index (κ1) is 13.0. The Morgan fingerprint density at radius 2 is 2.11 bits per heavy atom. The van der Waals surface area contributed by atoms with Gasteiger partial charge in [-0.25, -0.2) is 4.98 Å². The molecule has 0 fully saturated rings. The number of hydrogen-bond donors (Lipinski definition) is 1. The van der Waals surface area contributed by atoms with Gasteiger partial charge in [-0.1, -0.05) is 19.9 Å². The highest BCUT2D eigenvalue weighted by molar-refractivity contribution is 7.18. The highest BCUT2D eigenvalue weighted by Gasteiger charge is 2.15. The molecule has 0 bridgehead atoms. The predicted octanol–water partition coefficient (Wildman–Crippen LogP) is 3.68. The Morgan fingerprint density at radius 1 is 1.39 bits per heavy atom. The third kappa shape index (κ3) is 2.70. The van der Waals surface area contributed by atoms with Gasteiger partial charge in [0.1, 0.15) is 0 Å². The smallest absolute Gasteiger partial charge is 0.310 e. The number of aliphatic carboxylic acids is 1. The SMILES string of the molecule is CC(C)Cc1nc2cc(C(C)C(=O)O)ccc2s1. The van der Waals surface area contributed by atoms with Gasteiger partial charge in [-0.2, -0.15) is 0 Å². The highest BCUT2D eigenvalue weighted by Crippen LogP contribution is 2.27. The van der Waals surface area contributed by atoms with E-state index in [-0.39, 0.29) is 0 Å². The van der Waals surface area contributed by atoms with E-state index in [9.17, 15) is 4.79 Å². The molecule has 1 aromatic carbocycles. The second-order valence-electron chi connectivity index (χ2n) is 4.99. The van der Waals surface area contributed by atoms with Gasteiger partial charge in [0.05, 0.1) is 21.1 Å². The van der Waals surface area contributed by atoms with Crippen molar-refractivity contribution >= 4 is 27.5 Å². The zero-order valence-corrected chi connectivity index (χ0v) is 11.6. The van der Waals surface area contributed by atoms with Crippen LogP contribution in [0, 0.1) is 5.92 Å². The number of aromatic nitrogens is 1. The molecular formula is C14H17NO2S. The van der Waals surface area contributed by atoms with Gasteiger partial charge in [-0.05, 0) is 30.5 Å². The molecule has 1 unspecified atom stereocenters. The molecule has 0 aliphatic heterocycles. The van der Waals surface area contributed by atoms with Crippen molar-refractivity contribution in [1.29, 1.82) is 0 Å². The van der Waals surface area contributed by atoms with Crippen LogP contribution in [-0.4, -0.2) is 16.1 Å². The molecule has 1 aromatic heterocycles. The molecule has 1 heterocycles. The number of thiazole rings is 1. The van der Waals surface area contributed by atoms with Crippen LogP contribution in [0.2, 0.25) is 0 Å². The quantitative estimate of drug-likeness (QED) is 0.915. The van der Waals surface area contributed by atoms with E-state index in [1.54, 1.807) is 18.3 Å². The van der Waals surface area contributed by atoms with Crippen LogP contribution in [0.4, 0.5) is 0 Å². The van der Waals surface area contributed by atoms with Crippen LogP contribution in [0.25, 0.3) is 10.2 Å². The van der Waals surface area contributed by atoms with E-state index in [4.69, 9.17) is 5.11 Å². The minimum absolute atomic E-state index is 0.482. The summed E-state index contributed by atoms with van der Waals surface area (Å²) >= 11 is 1.70. The van der Waals surface area contributed by atoms with Crippen LogP contribution in [0.5, 0.6) is 0 Å². The van der Waals surface area contributed by atoms with Crippen LogP contribution in [-0.2, 0) is 11.2 Å². The molecule has 3 nitrogen and oxygen atoms in total. The number of carbonyl (C=O) groups is 1. The lowest BCUT2D eigenvalue weighted by Crippen LogP contribution is -2.06. The molecule has 0 saturated carbocycles. The average Bonchev–Trinajstić information content (AvgIpc) is 2.67. The fourth-order valence-corrected chi connectivity index (χ4v) is 3.00. The lowest BCUT2D eigenvalue weighted by molar-refractivity contribution is -0.138. The number of benzene rings is 1. The monoisotopic (exact) mass is 263 g/mol. The van der Waals surface area contributed by atoms with Crippen LogP contribution in [0.1, 0.15) is 37.3 Å². The highest BCUT2D eigenvalue weighted by atomic mass is 32.1. The summed E-state index contributed by atoms with van der Waals surface area (Å²) in [4.78, 5) is 15.5. The van der Waals surface area contributed by atoms with E-state index in [1.807, 2.05) is 18.2 Å². The Bertz CT molecular complexity index is 574. The average molecular weight is 263 g/mol. The van der Waals surface area contributed by atoms with Crippen molar-refractivity contribution in [1.82, 2.24) is 4.98 Å². The van der Waals surface area contributed by atoms with Crippen molar-refractivity contribution in [3.8, 4) is 0 Å². The number of fused-ring (bicyclic) bond motifs is 1. The number of nitrogens with zero attached hydrogens (tertiary/aromatic N) is 1. The minimum Gasteiger partial charge on any atom is -0.481 e. The summed E-state index contributed by atoms with van der Waals surface area (Å²) < 4.78 is 1.13. The van der Waals surface area contributed by atoms with Crippen LogP contribution >= 0.6 is 11.3 Å². The Kier molecular flexibility index (Phi) is 3.66. The van der Waals surface area contributed by atoms with Crippen molar-refractivity contribution < 1.29 is 9.90 Å². The maximum absolute atomic E-state index is 11.0. The number of carboxylic acids is 1. The first-order valence-electron chi connectivity index (χ1n) is 6.09. The zero-order valence-electron chi connectivity index (χ0n) is 10.8. The molecule has 4 heteroatoms. The minimum atomic E-state index is -0.799.